The zero-order chi connectivity index (χ0) is 13.6. The van der Waals surface area contributed by atoms with Gasteiger partial charge >= 0.3 is 6.03 Å². The molecule has 3 N–H and O–H groups in total. The summed E-state index contributed by atoms with van der Waals surface area (Å²) in [4.78, 5) is 26.7. The summed E-state index contributed by atoms with van der Waals surface area (Å²) < 4.78 is 0. The molecule has 3 amide bonds. The number of nitrogens with zero attached hydrogens (tertiary/aromatic N) is 1. The molecule has 0 fully saturated rings. The number of nitrogens with one attached hydrogen (secondary N) is 3. The average Bonchev–Trinajstić information content (AvgIpc) is 2.90. The molecule has 7 heteroatoms. The summed E-state index contributed by atoms with van der Waals surface area (Å²) in [6.45, 7) is 4.07. The maximum absolute atomic E-state index is 11.5. The van der Waals surface area contributed by atoms with Crippen LogP contribution in [0.4, 0.5) is 4.79 Å². The highest BCUT2D eigenvalue weighted by Gasteiger charge is 2.27. The number of carbonyl (C=O) groups is 2. The van der Waals surface area contributed by atoms with Gasteiger partial charge in [0, 0.05) is 18.6 Å². The molecule has 1 atom stereocenters. The summed E-state index contributed by atoms with van der Waals surface area (Å²) >= 11 is 1.54. The van der Waals surface area contributed by atoms with Crippen LogP contribution in [0, 0.1) is 0 Å². The molecule has 0 saturated heterocycles. The molecule has 1 aromatic heterocycles. The van der Waals surface area contributed by atoms with E-state index in [1.165, 1.54) is 18.4 Å². The monoisotopic (exact) mass is 270 g/mol. The fourth-order valence-electron chi connectivity index (χ4n) is 1.36. The Morgan fingerprint density at radius 2 is 2.22 bits per heavy atom. The Morgan fingerprint density at radius 1 is 1.50 bits per heavy atom. The smallest absolute Gasteiger partial charge is 0.321 e. The molecule has 1 aromatic rings. The van der Waals surface area contributed by atoms with Crippen LogP contribution in [0.3, 0.4) is 0 Å². The van der Waals surface area contributed by atoms with Gasteiger partial charge in [0.25, 0.3) is 0 Å². The standard InChI is InChI=1S/C11H18N4O2S/c1-4-11(2,9-13-5-6-18-9)14-7-8(16)15-10(17)12-3/h5-6,14H,4,7H2,1-3H3,(H2,12,15,16,17)/t11-/m1/s1. The minimum absolute atomic E-state index is 0.0668. The molecule has 0 aliphatic rings. The number of imide groups is 1. The molecule has 18 heavy (non-hydrogen) atoms. The number of urea groups is 1. The van der Waals surface area contributed by atoms with Crippen LogP contribution in [0.2, 0.25) is 0 Å². The highest BCUT2D eigenvalue weighted by Crippen LogP contribution is 2.25. The molecular formula is C11H18N4O2S. The van der Waals surface area contributed by atoms with E-state index in [1.807, 2.05) is 19.2 Å². The van der Waals surface area contributed by atoms with Crippen LogP contribution in [0.15, 0.2) is 11.6 Å². The minimum Gasteiger partial charge on any atom is -0.341 e. The lowest BCUT2D eigenvalue weighted by molar-refractivity contribution is -0.119. The Bertz CT molecular complexity index is 407. The van der Waals surface area contributed by atoms with Gasteiger partial charge in [0.05, 0.1) is 12.1 Å². The van der Waals surface area contributed by atoms with E-state index in [0.29, 0.717) is 0 Å². The van der Waals surface area contributed by atoms with E-state index in [-0.39, 0.29) is 18.0 Å². The molecule has 6 nitrogen and oxygen atoms in total. The fourth-order valence-corrected chi connectivity index (χ4v) is 2.21. The van der Waals surface area contributed by atoms with Crippen LogP contribution in [0.25, 0.3) is 0 Å². The van der Waals surface area contributed by atoms with E-state index in [2.05, 4.69) is 20.9 Å². The van der Waals surface area contributed by atoms with Gasteiger partial charge in [0.1, 0.15) is 5.01 Å². The number of hydrogen-bond acceptors (Lipinski definition) is 5. The summed E-state index contributed by atoms with van der Waals surface area (Å²) in [7, 11) is 1.46. The van der Waals surface area contributed by atoms with Gasteiger partial charge in [-0.1, -0.05) is 6.92 Å². The Labute approximate surface area is 110 Å². The quantitative estimate of drug-likeness (QED) is 0.739. The van der Waals surface area contributed by atoms with Crippen molar-refractivity contribution < 1.29 is 9.59 Å². The fraction of sp³-hybridized carbons (Fsp3) is 0.545. The Kier molecular flexibility index (Phi) is 5.24. The van der Waals surface area contributed by atoms with Gasteiger partial charge in [-0.15, -0.1) is 11.3 Å². The molecule has 1 rings (SSSR count). The summed E-state index contributed by atoms with van der Waals surface area (Å²) in [5.41, 5.74) is -0.353. The Morgan fingerprint density at radius 3 is 2.72 bits per heavy atom. The first-order valence-corrected chi connectivity index (χ1v) is 6.56. The van der Waals surface area contributed by atoms with E-state index in [9.17, 15) is 9.59 Å². The zero-order valence-corrected chi connectivity index (χ0v) is 11.6. The van der Waals surface area contributed by atoms with Crippen molar-refractivity contribution in [2.24, 2.45) is 0 Å². The number of aromatic nitrogens is 1. The van der Waals surface area contributed by atoms with Crippen LogP contribution in [0.1, 0.15) is 25.3 Å². The van der Waals surface area contributed by atoms with Crippen LogP contribution < -0.4 is 16.0 Å². The number of amides is 3. The van der Waals surface area contributed by atoms with Crippen molar-refractivity contribution in [3.63, 3.8) is 0 Å². The third kappa shape index (κ3) is 3.78. The molecule has 0 aliphatic heterocycles. The van der Waals surface area contributed by atoms with Gasteiger partial charge in [-0.05, 0) is 13.3 Å². The molecule has 0 spiro atoms. The third-order valence-corrected chi connectivity index (χ3v) is 3.77. The molecule has 0 radical (unpaired) electrons. The van der Waals surface area contributed by atoms with Crippen LogP contribution >= 0.6 is 11.3 Å². The highest BCUT2D eigenvalue weighted by atomic mass is 32.1. The van der Waals surface area contributed by atoms with Crippen molar-refractivity contribution in [1.82, 2.24) is 20.9 Å². The molecule has 0 aliphatic carbocycles. The Hall–Kier alpha value is -1.47. The predicted octanol–water partition coefficient (Wildman–Crippen LogP) is 0.814. The number of hydrogen-bond donors (Lipinski definition) is 3. The second-order valence-electron chi connectivity index (χ2n) is 4.00. The van der Waals surface area contributed by atoms with Crippen LogP contribution in [-0.4, -0.2) is 30.5 Å². The van der Waals surface area contributed by atoms with Gasteiger partial charge in [-0.2, -0.15) is 0 Å². The third-order valence-electron chi connectivity index (χ3n) is 2.73. The first-order chi connectivity index (χ1) is 8.51. The van der Waals surface area contributed by atoms with Crippen LogP contribution in [0.5, 0.6) is 0 Å². The maximum atomic E-state index is 11.5. The molecule has 0 saturated carbocycles. The molecule has 0 aromatic carbocycles. The Balaban J connectivity index is 2.55. The second-order valence-corrected chi connectivity index (χ2v) is 4.90. The lowest BCUT2D eigenvalue weighted by Gasteiger charge is -2.27. The van der Waals surface area contributed by atoms with Gasteiger partial charge in [0.15, 0.2) is 0 Å². The summed E-state index contributed by atoms with van der Waals surface area (Å²) in [6, 6.07) is -0.505. The normalized spacial score (nSPS) is 13.7. The predicted molar refractivity (Wildman–Crippen MR) is 70.4 cm³/mol. The zero-order valence-electron chi connectivity index (χ0n) is 10.7. The second kappa shape index (κ2) is 6.46. The summed E-state index contributed by atoms with van der Waals surface area (Å²) in [6.07, 6.45) is 2.54. The van der Waals surface area contributed by atoms with E-state index in [1.54, 1.807) is 6.20 Å². The lowest BCUT2D eigenvalue weighted by Crippen LogP contribution is -2.47. The number of rotatable bonds is 5. The van der Waals surface area contributed by atoms with Crippen molar-refractivity contribution in [2.75, 3.05) is 13.6 Å². The lowest BCUT2D eigenvalue weighted by atomic mass is 10.00. The highest BCUT2D eigenvalue weighted by molar-refractivity contribution is 7.09. The molecule has 0 bridgehead atoms. The van der Waals surface area contributed by atoms with E-state index >= 15 is 0 Å². The van der Waals surface area contributed by atoms with Gasteiger partial charge in [0.2, 0.25) is 5.91 Å². The van der Waals surface area contributed by atoms with Crippen molar-refractivity contribution in [2.45, 2.75) is 25.8 Å². The van der Waals surface area contributed by atoms with E-state index < -0.39 is 6.03 Å². The van der Waals surface area contributed by atoms with Crippen molar-refractivity contribution in [3.8, 4) is 0 Å². The first kappa shape index (κ1) is 14.6. The largest absolute Gasteiger partial charge is 0.341 e. The molecule has 100 valence electrons. The van der Waals surface area contributed by atoms with Crippen molar-refractivity contribution in [1.29, 1.82) is 0 Å². The van der Waals surface area contributed by atoms with Crippen molar-refractivity contribution in [3.05, 3.63) is 16.6 Å². The van der Waals surface area contributed by atoms with Gasteiger partial charge in [-0.3, -0.25) is 15.4 Å². The van der Waals surface area contributed by atoms with Crippen molar-refractivity contribution >= 4 is 23.3 Å². The van der Waals surface area contributed by atoms with Gasteiger partial charge < -0.3 is 5.32 Å². The number of thiazole rings is 1. The van der Waals surface area contributed by atoms with Gasteiger partial charge in [-0.25, -0.2) is 9.78 Å². The molecule has 1 heterocycles. The molecular weight excluding hydrogens is 252 g/mol. The van der Waals surface area contributed by atoms with E-state index in [0.717, 1.165) is 11.4 Å². The topological polar surface area (TPSA) is 83.1 Å². The summed E-state index contributed by atoms with van der Waals surface area (Å²) in [5.74, 6) is -0.370. The average molecular weight is 270 g/mol. The number of carbonyl (C=O) groups excluding carboxylic acids is 2. The maximum Gasteiger partial charge on any atom is 0.321 e. The minimum atomic E-state index is -0.505. The molecule has 0 unspecified atom stereocenters. The van der Waals surface area contributed by atoms with E-state index in [4.69, 9.17) is 0 Å². The SMILES string of the molecule is CC[C@@](C)(NCC(=O)NC(=O)NC)c1nccs1. The first-order valence-electron chi connectivity index (χ1n) is 5.68. The van der Waals surface area contributed by atoms with Crippen LogP contribution in [-0.2, 0) is 10.3 Å². The summed E-state index contributed by atoms with van der Waals surface area (Å²) in [5, 5.41) is 10.5.